The summed E-state index contributed by atoms with van der Waals surface area (Å²) in [6, 6.07) is 9.23. The van der Waals surface area contributed by atoms with Crippen molar-refractivity contribution >= 4 is 56.0 Å². The van der Waals surface area contributed by atoms with Crippen LogP contribution in [0.5, 0.6) is 0 Å². The number of carboxylic acid groups (broad SMARTS) is 1. The summed E-state index contributed by atoms with van der Waals surface area (Å²) >= 11 is 16.1. The maximum Gasteiger partial charge on any atom is 0.337 e. The predicted octanol–water partition coefficient (Wildman–Crippen LogP) is 5.85. The van der Waals surface area contributed by atoms with E-state index in [2.05, 4.69) is 45.6 Å². The summed E-state index contributed by atoms with van der Waals surface area (Å²) in [6.45, 7) is 2.06. The van der Waals surface area contributed by atoms with Crippen LogP contribution in [0.25, 0.3) is 10.9 Å². The van der Waals surface area contributed by atoms with Gasteiger partial charge in [-0.05, 0) is 48.4 Å². The minimum Gasteiger partial charge on any atom is -0.478 e. The number of fused-ring (bicyclic) bond motifs is 1. The average molecular weight is 427 g/mol. The van der Waals surface area contributed by atoms with E-state index in [0.29, 0.717) is 17.0 Å². The Labute approximate surface area is 157 Å². The molecule has 124 valence electrons. The summed E-state index contributed by atoms with van der Waals surface area (Å²) in [4.78, 5) is 11.3. The lowest BCUT2D eigenvalue weighted by Crippen LogP contribution is -2.03. The van der Waals surface area contributed by atoms with Gasteiger partial charge in [0, 0.05) is 39.6 Å². The second kappa shape index (κ2) is 6.43. The minimum absolute atomic E-state index is 0.0637. The zero-order chi connectivity index (χ0) is 17.6. The van der Waals surface area contributed by atoms with Gasteiger partial charge in [0.2, 0.25) is 0 Å². The maximum absolute atomic E-state index is 11.3. The SMILES string of the molecule is Cc1cc(Br)cc2c1cc(Cc1c(Cl)ccc(C(=O)O)c1Cl)n2C. The van der Waals surface area contributed by atoms with Crippen molar-refractivity contribution in [2.45, 2.75) is 13.3 Å². The smallest absolute Gasteiger partial charge is 0.337 e. The monoisotopic (exact) mass is 425 g/mol. The normalized spacial score (nSPS) is 11.2. The first-order valence-corrected chi connectivity index (χ1v) is 8.79. The highest BCUT2D eigenvalue weighted by Crippen LogP contribution is 2.33. The lowest BCUT2D eigenvalue weighted by molar-refractivity contribution is 0.0697. The van der Waals surface area contributed by atoms with Gasteiger partial charge < -0.3 is 9.67 Å². The Bertz CT molecular complexity index is 979. The van der Waals surface area contributed by atoms with Crippen LogP contribution < -0.4 is 0 Å². The van der Waals surface area contributed by atoms with Crippen molar-refractivity contribution < 1.29 is 9.90 Å². The lowest BCUT2D eigenvalue weighted by Gasteiger charge is -2.10. The first-order valence-electron chi connectivity index (χ1n) is 7.24. The molecule has 0 unspecified atom stereocenters. The molecular weight excluding hydrogens is 413 g/mol. The number of halogens is 3. The van der Waals surface area contributed by atoms with E-state index in [-0.39, 0.29) is 10.6 Å². The van der Waals surface area contributed by atoms with Gasteiger partial charge in [0.25, 0.3) is 0 Å². The highest BCUT2D eigenvalue weighted by atomic mass is 79.9. The van der Waals surface area contributed by atoms with Gasteiger partial charge >= 0.3 is 5.97 Å². The molecule has 1 heterocycles. The van der Waals surface area contributed by atoms with E-state index in [4.69, 9.17) is 23.2 Å². The summed E-state index contributed by atoms with van der Waals surface area (Å²) in [5.74, 6) is -1.06. The van der Waals surface area contributed by atoms with E-state index in [9.17, 15) is 9.90 Å². The number of aromatic nitrogens is 1. The van der Waals surface area contributed by atoms with Gasteiger partial charge in [0.15, 0.2) is 0 Å². The number of nitrogens with zero attached hydrogens (tertiary/aromatic N) is 1. The molecule has 0 amide bonds. The van der Waals surface area contributed by atoms with E-state index < -0.39 is 5.97 Å². The molecule has 24 heavy (non-hydrogen) atoms. The van der Waals surface area contributed by atoms with Crippen LogP contribution in [-0.4, -0.2) is 15.6 Å². The molecule has 0 saturated heterocycles. The Kier molecular flexibility index (Phi) is 4.65. The van der Waals surface area contributed by atoms with Crippen LogP contribution in [0, 0.1) is 6.92 Å². The molecule has 6 heteroatoms. The van der Waals surface area contributed by atoms with E-state index in [1.54, 1.807) is 6.07 Å². The van der Waals surface area contributed by atoms with Gasteiger partial charge in [-0.2, -0.15) is 0 Å². The Hall–Kier alpha value is -1.49. The average Bonchev–Trinajstić information content (AvgIpc) is 2.80. The third-order valence-corrected chi connectivity index (χ3v) is 5.45. The van der Waals surface area contributed by atoms with Crippen molar-refractivity contribution in [3.05, 3.63) is 67.2 Å². The van der Waals surface area contributed by atoms with Gasteiger partial charge in [0.05, 0.1) is 10.6 Å². The van der Waals surface area contributed by atoms with Crippen LogP contribution in [0.15, 0.2) is 34.8 Å². The van der Waals surface area contributed by atoms with Gasteiger partial charge in [-0.25, -0.2) is 4.79 Å². The Balaban J connectivity index is 2.14. The lowest BCUT2D eigenvalue weighted by atomic mass is 10.1. The molecule has 0 radical (unpaired) electrons. The topological polar surface area (TPSA) is 42.2 Å². The van der Waals surface area contributed by atoms with E-state index in [0.717, 1.165) is 26.6 Å². The Morgan fingerprint density at radius 3 is 2.62 bits per heavy atom. The fourth-order valence-corrected chi connectivity index (χ4v) is 4.04. The zero-order valence-electron chi connectivity index (χ0n) is 13.0. The molecule has 0 fully saturated rings. The number of rotatable bonds is 3. The first-order chi connectivity index (χ1) is 11.3. The molecule has 0 aliphatic heterocycles. The second-order valence-electron chi connectivity index (χ2n) is 5.72. The second-order valence-corrected chi connectivity index (χ2v) is 7.42. The number of carbonyl (C=O) groups is 1. The Morgan fingerprint density at radius 1 is 1.25 bits per heavy atom. The zero-order valence-corrected chi connectivity index (χ0v) is 16.1. The summed E-state index contributed by atoms with van der Waals surface area (Å²) in [5, 5.41) is 11.1. The van der Waals surface area contributed by atoms with Crippen LogP contribution in [0.4, 0.5) is 0 Å². The van der Waals surface area contributed by atoms with Gasteiger partial charge in [-0.15, -0.1) is 0 Å². The molecule has 3 rings (SSSR count). The van der Waals surface area contributed by atoms with Crippen LogP contribution in [-0.2, 0) is 13.5 Å². The number of aryl methyl sites for hydroxylation is 2. The fraction of sp³-hybridized carbons (Fsp3) is 0.167. The van der Waals surface area contributed by atoms with Crippen molar-refractivity contribution in [2.24, 2.45) is 7.05 Å². The molecule has 0 spiro atoms. The van der Waals surface area contributed by atoms with Gasteiger partial charge in [0.1, 0.15) is 0 Å². The van der Waals surface area contributed by atoms with Crippen LogP contribution in [0.2, 0.25) is 10.0 Å². The van der Waals surface area contributed by atoms with Crippen LogP contribution in [0.3, 0.4) is 0 Å². The predicted molar refractivity (Wildman–Crippen MR) is 102 cm³/mol. The van der Waals surface area contributed by atoms with E-state index in [1.807, 2.05) is 7.05 Å². The molecule has 3 nitrogen and oxygen atoms in total. The van der Waals surface area contributed by atoms with Crippen molar-refractivity contribution in [1.82, 2.24) is 4.57 Å². The number of carboxylic acids is 1. The third kappa shape index (κ3) is 2.94. The molecule has 0 saturated carbocycles. The fourth-order valence-electron chi connectivity index (χ4n) is 2.90. The molecule has 0 aliphatic rings. The third-order valence-electron chi connectivity index (χ3n) is 4.21. The quantitative estimate of drug-likeness (QED) is 0.571. The molecule has 0 atom stereocenters. The summed E-state index contributed by atoms with van der Waals surface area (Å²) in [7, 11) is 1.98. The Morgan fingerprint density at radius 2 is 1.96 bits per heavy atom. The summed E-state index contributed by atoms with van der Waals surface area (Å²) < 4.78 is 3.09. The van der Waals surface area contributed by atoms with Crippen molar-refractivity contribution in [3.8, 4) is 0 Å². The molecule has 1 aromatic heterocycles. The first kappa shape index (κ1) is 17.3. The highest BCUT2D eigenvalue weighted by Gasteiger charge is 2.18. The van der Waals surface area contributed by atoms with Crippen molar-refractivity contribution in [1.29, 1.82) is 0 Å². The van der Waals surface area contributed by atoms with E-state index >= 15 is 0 Å². The number of hydrogen-bond donors (Lipinski definition) is 1. The van der Waals surface area contributed by atoms with Crippen molar-refractivity contribution in [3.63, 3.8) is 0 Å². The van der Waals surface area contributed by atoms with Gasteiger partial charge in [-0.1, -0.05) is 39.1 Å². The molecular formula is C18H14BrCl2NO2. The molecule has 0 aliphatic carbocycles. The highest BCUT2D eigenvalue weighted by molar-refractivity contribution is 9.10. The largest absolute Gasteiger partial charge is 0.478 e. The molecule has 2 aromatic carbocycles. The summed E-state index contributed by atoms with van der Waals surface area (Å²) in [6.07, 6.45) is 0.459. The standard InChI is InChI=1S/C18H14BrCl2NO2/c1-9-5-10(19)6-16-13(9)7-11(22(16)2)8-14-15(20)4-3-12(17(14)21)18(23)24/h3-7H,8H2,1-2H3,(H,23,24). The number of hydrogen-bond acceptors (Lipinski definition) is 1. The van der Waals surface area contributed by atoms with E-state index in [1.165, 1.54) is 6.07 Å². The van der Waals surface area contributed by atoms with Crippen molar-refractivity contribution in [2.75, 3.05) is 0 Å². The van der Waals surface area contributed by atoms with Gasteiger partial charge in [-0.3, -0.25) is 0 Å². The molecule has 1 N–H and O–H groups in total. The number of benzene rings is 2. The maximum atomic E-state index is 11.3. The molecule has 0 bridgehead atoms. The summed E-state index contributed by atoms with van der Waals surface area (Å²) in [5.41, 5.74) is 3.96. The van der Waals surface area contributed by atoms with Crippen LogP contribution in [0.1, 0.15) is 27.2 Å². The minimum atomic E-state index is -1.06. The number of aromatic carboxylic acids is 1. The molecule has 3 aromatic rings. The van der Waals surface area contributed by atoms with Crippen LogP contribution >= 0.6 is 39.1 Å².